The van der Waals surface area contributed by atoms with Crippen LogP contribution >= 0.6 is 0 Å². The summed E-state index contributed by atoms with van der Waals surface area (Å²) in [5.41, 5.74) is 2.43. The zero-order valence-electron chi connectivity index (χ0n) is 21.2. The Morgan fingerprint density at radius 3 is 2.81 bits per heavy atom. The molecule has 2 bridgehead atoms. The van der Waals surface area contributed by atoms with Crippen LogP contribution in [0.4, 0.5) is 29.2 Å². The van der Waals surface area contributed by atoms with Gasteiger partial charge in [-0.15, -0.1) is 0 Å². The second-order valence-electron chi connectivity index (χ2n) is 11.4. The predicted octanol–water partition coefficient (Wildman–Crippen LogP) is 3.76. The summed E-state index contributed by atoms with van der Waals surface area (Å²) in [5.74, 6) is 4.11. The molecule has 1 aromatic carbocycles. The average Bonchev–Trinajstić information content (AvgIpc) is 3.11. The van der Waals surface area contributed by atoms with Gasteiger partial charge < -0.3 is 20.4 Å². The Morgan fingerprint density at radius 1 is 1.14 bits per heavy atom. The molecule has 10 heteroatoms. The van der Waals surface area contributed by atoms with E-state index >= 15 is 0 Å². The average molecular weight is 493 g/mol. The topological polar surface area (TPSA) is 112 Å². The van der Waals surface area contributed by atoms with Gasteiger partial charge in [0.1, 0.15) is 0 Å². The molecule has 2 N–H and O–H groups in total. The van der Waals surface area contributed by atoms with E-state index < -0.39 is 0 Å². The van der Waals surface area contributed by atoms with Crippen molar-refractivity contribution in [3.63, 3.8) is 0 Å². The molecule has 36 heavy (non-hydrogen) atoms. The van der Waals surface area contributed by atoms with Crippen LogP contribution in [0.2, 0.25) is 0 Å². The Kier molecular flexibility index (Phi) is 5.94. The molecule has 3 unspecified atom stereocenters. The number of rotatable bonds is 6. The van der Waals surface area contributed by atoms with E-state index in [1.54, 1.807) is 12.1 Å². The van der Waals surface area contributed by atoms with Crippen LogP contribution in [0.15, 0.2) is 18.2 Å². The molecule has 3 aliphatic carbocycles. The van der Waals surface area contributed by atoms with E-state index in [-0.39, 0.29) is 10.6 Å². The Balaban J connectivity index is 1.30. The van der Waals surface area contributed by atoms with Gasteiger partial charge in [0.25, 0.3) is 5.69 Å². The van der Waals surface area contributed by atoms with Crippen molar-refractivity contribution in [3.05, 3.63) is 33.9 Å². The van der Waals surface area contributed by atoms with E-state index in [2.05, 4.69) is 29.4 Å². The molecule has 3 heterocycles. The summed E-state index contributed by atoms with van der Waals surface area (Å²) in [6.45, 7) is 10.0. The molecule has 2 aliphatic heterocycles. The molecule has 4 fully saturated rings. The van der Waals surface area contributed by atoms with Crippen molar-refractivity contribution in [2.75, 3.05) is 54.4 Å². The summed E-state index contributed by atoms with van der Waals surface area (Å²) in [7, 11) is 0. The molecule has 192 valence electrons. The van der Waals surface area contributed by atoms with Crippen LogP contribution in [0.3, 0.4) is 0 Å². The minimum Gasteiger partial charge on any atom is -0.354 e. The third-order valence-electron chi connectivity index (χ3n) is 9.18. The second kappa shape index (κ2) is 9.14. The molecule has 0 radical (unpaired) electrons. The fourth-order valence-electron chi connectivity index (χ4n) is 6.86. The number of nitrogens with zero attached hydrogens (tertiary/aromatic N) is 6. The largest absolute Gasteiger partial charge is 0.354 e. The lowest BCUT2D eigenvalue weighted by Gasteiger charge is -2.60. The Labute approximate surface area is 212 Å². The first-order valence-corrected chi connectivity index (χ1v) is 13.4. The maximum absolute atomic E-state index is 11.4. The molecule has 1 saturated heterocycles. The van der Waals surface area contributed by atoms with E-state index in [0.29, 0.717) is 35.7 Å². The van der Waals surface area contributed by atoms with Gasteiger partial charge in [-0.2, -0.15) is 15.0 Å². The van der Waals surface area contributed by atoms with Crippen LogP contribution in [-0.2, 0) is 6.42 Å². The maximum Gasteiger partial charge on any atom is 0.271 e. The second-order valence-corrected chi connectivity index (χ2v) is 11.4. The van der Waals surface area contributed by atoms with E-state index in [1.165, 1.54) is 19.3 Å². The molecule has 10 nitrogen and oxygen atoms in total. The number of benzene rings is 1. The highest BCUT2D eigenvalue weighted by Crippen LogP contribution is 2.61. The normalized spacial score (nSPS) is 26.7. The van der Waals surface area contributed by atoms with Gasteiger partial charge in [0, 0.05) is 44.9 Å². The minimum atomic E-state index is -0.344. The lowest BCUT2D eigenvalue weighted by Crippen LogP contribution is -2.53. The zero-order chi connectivity index (χ0) is 24.9. The Hall–Kier alpha value is -3.01. The molecule has 3 atom stereocenters. The van der Waals surface area contributed by atoms with Gasteiger partial charge in [-0.3, -0.25) is 10.1 Å². The van der Waals surface area contributed by atoms with Crippen molar-refractivity contribution in [3.8, 4) is 0 Å². The van der Waals surface area contributed by atoms with Gasteiger partial charge in [-0.25, -0.2) is 0 Å². The molecule has 2 aromatic rings. The molecule has 1 aromatic heterocycles. The fourth-order valence-corrected chi connectivity index (χ4v) is 6.86. The smallest absolute Gasteiger partial charge is 0.271 e. The van der Waals surface area contributed by atoms with Crippen molar-refractivity contribution < 1.29 is 4.92 Å². The minimum absolute atomic E-state index is 0.0885. The van der Waals surface area contributed by atoms with Crippen molar-refractivity contribution in [1.82, 2.24) is 20.3 Å². The van der Waals surface area contributed by atoms with Crippen LogP contribution in [0.5, 0.6) is 0 Å². The van der Waals surface area contributed by atoms with Gasteiger partial charge in [-0.1, -0.05) is 19.9 Å². The van der Waals surface area contributed by atoms with E-state index in [4.69, 9.17) is 15.0 Å². The molecular formula is C26H36N8O2. The summed E-state index contributed by atoms with van der Waals surface area (Å²) in [5, 5.41) is 18.4. The third-order valence-corrected chi connectivity index (χ3v) is 9.18. The highest BCUT2D eigenvalue weighted by atomic mass is 16.6. The summed E-state index contributed by atoms with van der Waals surface area (Å²) in [6, 6.07) is 5.08. The number of hydrogen-bond donors (Lipinski definition) is 2. The van der Waals surface area contributed by atoms with E-state index in [1.807, 2.05) is 11.0 Å². The number of anilines is 4. The lowest BCUT2D eigenvalue weighted by molar-refractivity contribution is -0.384. The number of fused-ring (bicyclic) bond motifs is 3. The van der Waals surface area contributed by atoms with Crippen LogP contribution in [0, 0.1) is 33.3 Å². The van der Waals surface area contributed by atoms with Crippen LogP contribution in [0.1, 0.15) is 45.1 Å². The molecule has 5 aliphatic rings. The Bertz CT molecular complexity index is 1140. The standard InChI is InChI=1S/C26H36N8O2/c1-26(2)19-6-4-18(21(26)14-19)16-28-23-29-24(32-11-3-9-27-10-13-32)31-25(30-23)33-12-8-17-5-7-20(34(35)36)15-22(17)33/h5,7,15,18-19,21,27H,3-4,6,8-14,16H2,1-2H3,(H,28,29,30,31). The maximum atomic E-state index is 11.4. The van der Waals surface area contributed by atoms with E-state index in [9.17, 15) is 10.1 Å². The van der Waals surface area contributed by atoms with Crippen LogP contribution in [0.25, 0.3) is 0 Å². The monoisotopic (exact) mass is 492 g/mol. The number of nitro benzene ring substituents is 1. The first kappa shape index (κ1) is 23.4. The Morgan fingerprint density at radius 2 is 2.00 bits per heavy atom. The van der Waals surface area contributed by atoms with Gasteiger partial charge in [0.05, 0.1) is 10.6 Å². The number of non-ortho nitro benzene ring substituents is 1. The predicted molar refractivity (Wildman–Crippen MR) is 140 cm³/mol. The molecular weight excluding hydrogens is 456 g/mol. The SMILES string of the molecule is CC1(C)C2CCC(CNc3nc(N4CCCNCC4)nc(N4CCc5ccc([N+](=O)[O-])cc54)n3)C1C2. The molecule has 3 saturated carbocycles. The first-order chi connectivity index (χ1) is 17.4. The van der Waals surface area contributed by atoms with Gasteiger partial charge >= 0.3 is 0 Å². The van der Waals surface area contributed by atoms with Crippen molar-refractivity contribution in [2.45, 2.75) is 46.0 Å². The molecule has 0 amide bonds. The summed E-state index contributed by atoms with van der Waals surface area (Å²) >= 11 is 0. The number of nitrogens with one attached hydrogen (secondary N) is 2. The van der Waals surface area contributed by atoms with Gasteiger partial charge in [0.2, 0.25) is 17.8 Å². The highest BCUT2D eigenvalue weighted by Gasteiger charge is 2.53. The third kappa shape index (κ3) is 4.15. The molecule has 0 spiro atoms. The van der Waals surface area contributed by atoms with Gasteiger partial charge in [0.15, 0.2) is 0 Å². The quantitative estimate of drug-likeness (QED) is 0.460. The zero-order valence-corrected chi connectivity index (χ0v) is 21.2. The van der Waals surface area contributed by atoms with Crippen molar-refractivity contribution >= 4 is 29.2 Å². The van der Waals surface area contributed by atoms with Crippen molar-refractivity contribution in [1.29, 1.82) is 0 Å². The van der Waals surface area contributed by atoms with Crippen LogP contribution in [-0.4, -0.2) is 59.1 Å². The number of hydrogen-bond acceptors (Lipinski definition) is 9. The number of aromatic nitrogens is 3. The van der Waals surface area contributed by atoms with Gasteiger partial charge in [-0.05, 0) is 67.4 Å². The number of nitro groups is 1. The van der Waals surface area contributed by atoms with Crippen molar-refractivity contribution in [2.24, 2.45) is 23.2 Å². The first-order valence-electron chi connectivity index (χ1n) is 13.4. The highest BCUT2D eigenvalue weighted by molar-refractivity contribution is 5.69. The lowest BCUT2D eigenvalue weighted by atomic mass is 9.45. The summed E-state index contributed by atoms with van der Waals surface area (Å²) in [4.78, 5) is 29.9. The van der Waals surface area contributed by atoms with E-state index in [0.717, 1.165) is 68.7 Å². The molecule has 7 rings (SSSR count). The summed E-state index contributed by atoms with van der Waals surface area (Å²) < 4.78 is 0. The summed E-state index contributed by atoms with van der Waals surface area (Å²) in [6.07, 6.45) is 5.76. The van der Waals surface area contributed by atoms with Crippen LogP contribution < -0.4 is 20.4 Å². The fraction of sp³-hybridized carbons (Fsp3) is 0.654.